The summed E-state index contributed by atoms with van der Waals surface area (Å²) in [4.78, 5) is 0. The van der Waals surface area contributed by atoms with Gasteiger partial charge in [-0.1, -0.05) is 44.0 Å². The van der Waals surface area contributed by atoms with E-state index in [9.17, 15) is 5.11 Å². The van der Waals surface area contributed by atoms with Gasteiger partial charge in [-0.05, 0) is 41.5 Å². The molecule has 2 rings (SSSR count). The number of ether oxygens (including phenoxy) is 1. The molecule has 0 aliphatic carbocycles. The van der Waals surface area contributed by atoms with Crippen molar-refractivity contribution in [2.24, 2.45) is 0 Å². The van der Waals surface area contributed by atoms with Crippen LogP contribution in [0.5, 0.6) is 5.75 Å². The maximum Gasteiger partial charge on any atom is 0.119 e. The molecule has 0 amide bonds. The third-order valence-electron chi connectivity index (χ3n) is 2.61. The molecule has 1 atom stereocenters. The van der Waals surface area contributed by atoms with Gasteiger partial charge in [-0.3, -0.25) is 0 Å². The molecule has 2 aromatic carbocycles. The van der Waals surface area contributed by atoms with Crippen LogP contribution in [-0.2, 0) is 0 Å². The fraction of sp³-hybridized carbons (Fsp3) is 0.143. The van der Waals surface area contributed by atoms with Crippen molar-refractivity contribution in [3.05, 3.63) is 62.5 Å². The lowest BCUT2D eigenvalue weighted by atomic mass is 10.0. The van der Waals surface area contributed by atoms with E-state index < -0.39 is 6.10 Å². The number of benzene rings is 2. The van der Waals surface area contributed by atoms with E-state index in [0.29, 0.717) is 0 Å². The zero-order valence-electron chi connectivity index (χ0n) is 9.73. The van der Waals surface area contributed by atoms with Crippen molar-refractivity contribution < 1.29 is 9.84 Å². The fourth-order valence-electron chi connectivity index (χ4n) is 1.74. The Morgan fingerprint density at radius 3 is 2.28 bits per heavy atom. The quantitative estimate of drug-likeness (QED) is 0.871. The molecule has 18 heavy (non-hydrogen) atoms. The van der Waals surface area contributed by atoms with E-state index in [2.05, 4.69) is 31.9 Å². The minimum Gasteiger partial charge on any atom is -0.497 e. The molecule has 0 aliphatic heterocycles. The Labute approximate surface area is 123 Å². The Hall–Kier alpha value is -0.840. The van der Waals surface area contributed by atoms with E-state index >= 15 is 0 Å². The van der Waals surface area contributed by atoms with Gasteiger partial charge in [-0.25, -0.2) is 0 Å². The summed E-state index contributed by atoms with van der Waals surface area (Å²) in [6.07, 6.45) is -0.672. The van der Waals surface area contributed by atoms with Crippen LogP contribution in [0, 0.1) is 0 Å². The van der Waals surface area contributed by atoms with Crippen molar-refractivity contribution in [2.45, 2.75) is 6.10 Å². The highest BCUT2D eigenvalue weighted by Gasteiger charge is 2.12. The molecule has 0 spiro atoms. The number of methoxy groups -OCH3 is 1. The summed E-state index contributed by atoms with van der Waals surface area (Å²) in [7, 11) is 1.61. The summed E-state index contributed by atoms with van der Waals surface area (Å²) in [5.74, 6) is 0.737. The van der Waals surface area contributed by atoms with Crippen LogP contribution in [-0.4, -0.2) is 12.2 Å². The number of hydrogen-bond acceptors (Lipinski definition) is 2. The molecule has 0 saturated carbocycles. The average molecular weight is 372 g/mol. The number of rotatable bonds is 3. The van der Waals surface area contributed by atoms with Crippen LogP contribution >= 0.6 is 31.9 Å². The third-order valence-corrected chi connectivity index (χ3v) is 3.53. The molecule has 4 heteroatoms. The molecule has 0 aromatic heterocycles. The first kappa shape index (κ1) is 13.6. The van der Waals surface area contributed by atoms with Crippen LogP contribution in [0.1, 0.15) is 17.2 Å². The van der Waals surface area contributed by atoms with Crippen molar-refractivity contribution in [3.63, 3.8) is 0 Å². The Bertz CT molecular complexity index is 535. The molecular formula is C14H12Br2O2. The molecule has 2 nitrogen and oxygen atoms in total. The average Bonchev–Trinajstić information content (AvgIpc) is 2.37. The van der Waals surface area contributed by atoms with Crippen LogP contribution in [0.25, 0.3) is 0 Å². The van der Waals surface area contributed by atoms with E-state index in [1.54, 1.807) is 7.11 Å². The summed E-state index contributed by atoms with van der Waals surface area (Å²) in [6.45, 7) is 0. The van der Waals surface area contributed by atoms with Crippen molar-refractivity contribution >= 4 is 31.9 Å². The summed E-state index contributed by atoms with van der Waals surface area (Å²) in [5, 5.41) is 10.4. The third kappa shape index (κ3) is 3.13. The topological polar surface area (TPSA) is 29.5 Å². The van der Waals surface area contributed by atoms with Gasteiger partial charge in [0.15, 0.2) is 0 Å². The second-order valence-electron chi connectivity index (χ2n) is 3.88. The second-order valence-corrected chi connectivity index (χ2v) is 5.71. The van der Waals surface area contributed by atoms with Crippen LogP contribution < -0.4 is 4.74 Å². The summed E-state index contributed by atoms with van der Waals surface area (Å²) in [5.41, 5.74) is 1.63. The first-order chi connectivity index (χ1) is 8.60. The molecular weight excluding hydrogens is 360 g/mol. The van der Waals surface area contributed by atoms with Crippen molar-refractivity contribution in [3.8, 4) is 5.75 Å². The SMILES string of the molecule is COc1cccc(C(O)c2cc(Br)cc(Br)c2)c1. The van der Waals surface area contributed by atoms with Gasteiger partial charge in [-0.2, -0.15) is 0 Å². The molecule has 0 radical (unpaired) electrons. The zero-order valence-corrected chi connectivity index (χ0v) is 12.9. The van der Waals surface area contributed by atoms with Crippen LogP contribution in [0.3, 0.4) is 0 Å². The fourth-order valence-corrected chi connectivity index (χ4v) is 3.07. The highest BCUT2D eigenvalue weighted by molar-refractivity contribution is 9.11. The Morgan fingerprint density at radius 1 is 1.00 bits per heavy atom. The predicted octanol–water partition coefficient (Wildman–Crippen LogP) is 4.30. The molecule has 0 fully saturated rings. The van der Waals surface area contributed by atoms with E-state index in [-0.39, 0.29) is 0 Å². The van der Waals surface area contributed by atoms with Crippen LogP contribution in [0.15, 0.2) is 51.4 Å². The molecule has 0 aliphatic rings. The smallest absolute Gasteiger partial charge is 0.119 e. The summed E-state index contributed by atoms with van der Waals surface area (Å²) >= 11 is 6.83. The highest BCUT2D eigenvalue weighted by atomic mass is 79.9. The minimum absolute atomic E-state index is 0.672. The van der Waals surface area contributed by atoms with Crippen molar-refractivity contribution in [1.29, 1.82) is 0 Å². The zero-order chi connectivity index (χ0) is 13.1. The van der Waals surface area contributed by atoms with E-state index in [1.807, 2.05) is 42.5 Å². The first-order valence-corrected chi connectivity index (χ1v) is 6.97. The van der Waals surface area contributed by atoms with Gasteiger partial charge in [0.1, 0.15) is 11.9 Å². The van der Waals surface area contributed by atoms with Gasteiger partial charge >= 0.3 is 0 Å². The summed E-state index contributed by atoms with van der Waals surface area (Å²) in [6, 6.07) is 13.2. The lowest BCUT2D eigenvalue weighted by molar-refractivity contribution is 0.219. The minimum atomic E-state index is -0.672. The molecule has 0 saturated heterocycles. The van der Waals surface area contributed by atoms with Crippen molar-refractivity contribution in [2.75, 3.05) is 7.11 Å². The Kier molecular flexibility index (Phi) is 4.43. The number of aliphatic hydroxyl groups excluding tert-OH is 1. The van der Waals surface area contributed by atoms with Crippen LogP contribution in [0.2, 0.25) is 0 Å². The molecule has 0 heterocycles. The monoisotopic (exact) mass is 370 g/mol. The molecule has 94 valence electrons. The molecule has 1 unspecified atom stereocenters. The standard InChI is InChI=1S/C14H12Br2O2/c1-18-13-4-2-3-9(7-13)14(17)10-5-11(15)8-12(16)6-10/h2-8,14,17H,1H3. The van der Waals surface area contributed by atoms with Gasteiger partial charge in [0, 0.05) is 8.95 Å². The van der Waals surface area contributed by atoms with Crippen LogP contribution in [0.4, 0.5) is 0 Å². The maximum atomic E-state index is 10.4. The van der Waals surface area contributed by atoms with Gasteiger partial charge in [-0.15, -0.1) is 0 Å². The van der Waals surface area contributed by atoms with E-state index in [4.69, 9.17) is 4.74 Å². The number of hydrogen-bond donors (Lipinski definition) is 1. The molecule has 1 N–H and O–H groups in total. The number of halogens is 2. The van der Waals surface area contributed by atoms with Crippen molar-refractivity contribution in [1.82, 2.24) is 0 Å². The first-order valence-electron chi connectivity index (χ1n) is 5.38. The van der Waals surface area contributed by atoms with E-state index in [1.165, 1.54) is 0 Å². The largest absolute Gasteiger partial charge is 0.497 e. The van der Waals surface area contributed by atoms with Gasteiger partial charge in [0.25, 0.3) is 0 Å². The molecule has 2 aromatic rings. The summed E-state index contributed by atoms with van der Waals surface area (Å²) < 4.78 is 7.01. The Morgan fingerprint density at radius 2 is 1.67 bits per heavy atom. The van der Waals surface area contributed by atoms with E-state index in [0.717, 1.165) is 25.8 Å². The Balaban J connectivity index is 2.37. The second kappa shape index (κ2) is 5.87. The lowest BCUT2D eigenvalue weighted by Gasteiger charge is -2.13. The van der Waals surface area contributed by atoms with Gasteiger partial charge in [0.2, 0.25) is 0 Å². The number of aliphatic hydroxyl groups is 1. The normalized spacial score (nSPS) is 12.2. The lowest BCUT2D eigenvalue weighted by Crippen LogP contribution is -2.00. The van der Waals surface area contributed by atoms with Gasteiger partial charge in [0.05, 0.1) is 7.11 Å². The van der Waals surface area contributed by atoms with Gasteiger partial charge < -0.3 is 9.84 Å². The predicted molar refractivity (Wildman–Crippen MR) is 78.9 cm³/mol. The molecule has 0 bridgehead atoms. The highest BCUT2D eigenvalue weighted by Crippen LogP contribution is 2.29. The maximum absolute atomic E-state index is 10.4.